The van der Waals surface area contributed by atoms with Crippen molar-refractivity contribution in [2.24, 2.45) is 5.73 Å². The van der Waals surface area contributed by atoms with Crippen molar-refractivity contribution in [3.8, 4) is 5.75 Å². The van der Waals surface area contributed by atoms with E-state index in [9.17, 15) is 4.79 Å². The van der Waals surface area contributed by atoms with E-state index in [1.54, 1.807) is 12.5 Å². The SMILES string of the molecule is COc1ccc(Nc2nc(C(=O)NCCCCCN)cs2)cc1. The number of unbranched alkanes of at least 4 members (excludes halogenated alkanes) is 2. The zero-order valence-corrected chi connectivity index (χ0v) is 14.0. The minimum absolute atomic E-state index is 0.142. The van der Waals surface area contributed by atoms with Crippen molar-refractivity contribution in [2.75, 3.05) is 25.5 Å². The molecule has 7 heteroatoms. The summed E-state index contributed by atoms with van der Waals surface area (Å²) in [6, 6.07) is 7.53. The van der Waals surface area contributed by atoms with Crippen LogP contribution in [-0.2, 0) is 0 Å². The van der Waals surface area contributed by atoms with Crippen molar-refractivity contribution in [3.63, 3.8) is 0 Å². The summed E-state index contributed by atoms with van der Waals surface area (Å²) in [4.78, 5) is 16.3. The number of thiazole rings is 1. The van der Waals surface area contributed by atoms with Gasteiger partial charge in [0, 0.05) is 17.6 Å². The van der Waals surface area contributed by atoms with Crippen LogP contribution in [-0.4, -0.2) is 31.1 Å². The largest absolute Gasteiger partial charge is 0.497 e. The number of hydrogen-bond acceptors (Lipinski definition) is 6. The van der Waals surface area contributed by atoms with Crippen LogP contribution in [0.5, 0.6) is 5.75 Å². The number of aromatic nitrogens is 1. The number of carbonyl (C=O) groups excluding carboxylic acids is 1. The highest BCUT2D eigenvalue weighted by atomic mass is 32.1. The number of amides is 1. The maximum absolute atomic E-state index is 12.0. The van der Waals surface area contributed by atoms with Gasteiger partial charge in [-0.15, -0.1) is 11.3 Å². The molecule has 0 atom stereocenters. The van der Waals surface area contributed by atoms with Crippen LogP contribution in [0, 0.1) is 0 Å². The Morgan fingerprint density at radius 1 is 1.26 bits per heavy atom. The number of nitrogens with two attached hydrogens (primary N) is 1. The highest BCUT2D eigenvalue weighted by molar-refractivity contribution is 7.14. The Labute approximate surface area is 140 Å². The van der Waals surface area contributed by atoms with Gasteiger partial charge in [0.2, 0.25) is 0 Å². The molecule has 0 unspecified atom stereocenters. The molecule has 1 amide bonds. The van der Waals surface area contributed by atoms with Gasteiger partial charge in [-0.1, -0.05) is 6.42 Å². The minimum Gasteiger partial charge on any atom is -0.497 e. The van der Waals surface area contributed by atoms with Gasteiger partial charge in [0.1, 0.15) is 11.4 Å². The average Bonchev–Trinajstić information content (AvgIpc) is 3.04. The van der Waals surface area contributed by atoms with Gasteiger partial charge in [0.15, 0.2) is 5.13 Å². The van der Waals surface area contributed by atoms with Crippen molar-refractivity contribution in [3.05, 3.63) is 35.3 Å². The standard InChI is InChI=1S/C16H22N4O2S/c1-22-13-7-5-12(6-8-13)19-16-20-14(11-23-16)15(21)18-10-4-2-3-9-17/h5-8,11H,2-4,9-10,17H2,1H3,(H,18,21)(H,19,20). The van der Waals surface area contributed by atoms with Crippen molar-refractivity contribution >= 4 is 28.1 Å². The first-order valence-electron chi connectivity index (χ1n) is 7.58. The lowest BCUT2D eigenvalue weighted by molar-refractivity contribution is 0.0949. The summed E-state index contributed by atoms with van der Waals surface area (Å²) in [5.41, 5.74) is 6.77. The van der Waals surface area contributed by atoms with Crippen LogP contribution < -0.4 is 21.1 Å². The molecule has 1 aromatic heterocycles. The van der Waals surface area contributed by atoms with Gasteiger partial charge in [0.25, 0.3) is 5.91 Å². The number of anilines is 2. The molecular formula is C16H22N4O2S. The fraction of sp³-hybridized carbons (Fsp3) is 0.375. The minimum atomic E-state index is -0.142. The van der Waals surface area contributed by atoms with Crippen molar-refractivity contribution < 1.29 is 9.53 Å². The summed E-state index contributed by atoms with van der Waals surface area (Å²) in [5.74, 6) is 0.654. The number of hydrogen-bond donors (Lipinski definition) is 3. The van der Waals surface area contributed by atoms with E-state index in [1.165, 1.54) is 11.3 Å². The van der Waals surface area contributed by atoms with E-state index in [1.807, 2.05) is 24.3 Å². The third-order valence-corrected chi connectivity index (χ3v) is 4.00. The molecule has 0 radical (unpaired) electrons. The Morgan fingerprint density at radius 3 is 2.74 bits per heavy atom. The second-order valence-electron chi connectivity index (χ2n) is 5.00. The zero-order chi connectivity index (χ0) is 16.5. The normalized spacial score (nSPS) is 10.3. The Balaban J connectivity index is 1.83. The van der Waals surface area contributed by atoms with E-state index in [0.29, 0.717) is 23.9 Å². The molecule has 0 bridgehead atoms. The van der Waals surface area contributed by atoms with E-state index in [4.69, 9.17) is 10.5 Å². The van der Waals surface area contributed by atoms with Gasteiger partial charge in [-0.05, 0) is 43.7 Å². The predicted molar refractivity (Wildman–Crippen MR) is 93.6 cm³/mol. The van der Waals surface area contributed by atoms with E-state index in [-0.39, 0.29) is 5.91 Å². The fourth-order valence-electron chi connectivity index (χ4n) is 1.97. The summed E-state index contributed by atoms with van der Waals surface area (Å²) in [6.45, 7) is 1.35. The van der Waals surface area contributed by atoms with Crippen LogP contribution in [0.4, 0.5) is 10.8 Å². The maximum Gasteiger partial charge on any atom is 0.270 e. The van der Waals surface area contributed by atoms with Crippen LogP contribution in [0.25, 0.3) is 0 Å². The second-order valence-corrected chi connectivity index (χ2v) is 5.85. The number of nitrogens with one attached hydrogen (secondary N) is 2. The lowest BCUT2D eigenvalue weighted by Gasteiger charge is -2.04. The molecule has 0 aliphatic carbocycles. The molecule has 124 valence electrons. The lowest BCUT2D eigenvalue weighted by atomic mass is 10.2. The highest BCUT2D eigenvalue weighted by Crippen LogP contribution is 2.22. The molecule has 1 heterocycles. The van der Waals surface area contributed by atoms with Gasteiger partial charge in [-0.3, -0.25) is 4.79 Å². The van der Waals surface area contributed by atoms with Crippen molar-refractivity contribution in [1.82, 2.24) is 10.3 Å². The molecular weight excluding hydrogens is 312 g/mol. The van der Waals surface area contributed by atoms with E-state index < -0.39 is 0 Å². The molecule has 1 aromatic carbocycles. The topological polar surface area (TPSA) is 89.3 Å². The van der Waals surface area contributed by atoms with Gasteiger partial charge in [-0.25, -0.2) is 4.98 Å². The molecule has 0 spiro atoms. The summed E-state index contributed by atoms with van der Waals surface area (Å²) >= 11 is 1.40. The molecule has 4 N–H and O–H groups in total. The highest BCUT2D eigenvalue weighted by Gasteiger charge is 2.10. The van der Waals surface area contributed by atoms with Crippen LogP contribution >= 0.6 is 11.3 Å². The number of rotatable bonds is 9. The molecule has 2 rings (SSSR count). The summed E-state index contributed by atoms with van der Waals surface area (Å²) in [6.07, 6.45) is 2.95. The number of methoxy groups -OCH3 is 1. The summed E-state index contributed by atoms with van der Waals surface area (Å²) in [5, 5.41) is 8.48. The van der Waals surface area contributed by atoms with Crippen LogP contribution in [0.1, 0.15) is 29.8 Å². The molecule has 23 heavy (non-hydrogen) atoms. The first kappa shape index (κ1) is 17.2. The Hall–Kier alpha value is -2.12. The Bertz CT molecular complexity index is 613. The predicted octanol–water partition coefficient (Wildman–Crippen LogP) is 2.75. The summed E-state index contributed by atoms with van der Waals surface area (Å²) in [7, 11) is 1.63. The van der Waals surface area contributed by atoms with Crippen molar-refractivity contribution in [2.45, 2.75) is 19.3 Å². The summed E-state index contributed by atoms with van der Waals surface area (Å²) < 4.78 is 5.12. The number of ether oxygens (including phenoxy) is 1. The lowest BCUT2D eigenvalue weighted by Crippen LogP contribution is -2.24. The van der Waals surface area contributed by atoms with Gasteiger partial charge in [0.05, 0.1) is 7.11 Å². The monoisotopic (exact) mass is 334 g/mol. The van der Waals surface area contributed by atoms with Gasteiger partial charge in [-0.2, -0.15) is 0 Å². The second kappa shape index (κ2) is 9.12. The quantitative estimate of drug-likeness (QED) is 0.614. The van der Waals surface area contributed by atoms with Gasteiger partial charge < -0.3 is 21.1 Å². The Morgan fingerprint density at radius 2 is 2.04 bits per heavy atom. The first-order chi connectivity index (χ1) is 11.2. The third-order valence-electron chi connectivity index (χ3n) is 3.24. The van der Waals surface area contributed by atoms with E-state index in [2.05, 4.69) is 15.6 Å². The van der Waals surface area contributed by atoms with E-state index >= 15 is 0 Å². The van der Waals surface area contributed by atoms with Crippen molar-refractivity contribution in [1.29, 1.82) is 0 Å². The molecule has 0 saturated carbocycles. The average molecular weight is 334 g/mol. The number of nitrogens with zero attached hydrogens (tertiary/aromatic N) is 1. The first-order valence-corrected chi connectivity index (χ1v) is 8.46. The number of carbonyl (C=O) groups is 1. The maximum atomic E-state index is 12.0. The third kappa shape index (κ3) is 5.54. The molecule has 0 aliphatic heterocycles. The van der Waals surface area contributed by atoms with Crippen LogP contribution in [0.15, 0.2) is 29.6 Å². The van der Waals surface area contributed by atoms with Crippen LogP contribution in [0.3, 0.4) is 0 Å². The van der Waals surface area contributed by atoms with Crippen LogP contribution in [0.2, 0.25) is 0 Å². The zero-order valence-electron chi connectivity index (χ0n) is 13.2. The smallest absolute Gasteiger partial charge is 0.270 e. The molecule has 0 saturated heterocycles. The Kier molecular flexibility index (Phi) is 6.83. The fourth-order valence-corrected chi connectivity index (χ4v) is 2.68. The molecule has 6 nitrogen and oxygen atoms in total. The number of benzene rings is 1. The molecule has 0 aliphatic rings. The van der Waals surface area contributed by atoms with E-state index in [0.717, 1.165) is 30.7 Å². The molecule has 2 aromatic rings. The van der Waals surface area contributed by atoms with Gasteiger partial charge >= 0.3 is 0 Å². The molecule has 0 fully saturated rings.